The van der Waals surface area contributed by atoms with E-state index in [4.69, 9.17) is 4.84 Å². The van der Waals surface area contributed by atoms with Crippen LogP contribution in [0.3, 0.4) is 0 Å². The SMILES string of the molecule is CCOn1ccc2ccccc2c1=O. The van der Waals surface area contributed by atoms with Crippen LogP contribution in [-0.2, 0) is 0 Å². The van der Waals surface area contributed by atoms with E-state index in [1.807, 2.05) is 31.2 Å². The van der Waals surface area contributed by atoms with Gasteiger partial charge in [-0.1, -0.05) is 18.2 Å². The number of pyridine rings is 1. The Balaban J connectivity index is 2.69. The van der Waals surface area contributed by atoms with Gasteiger partial charge < -0.3 is 4.84 Å². The van der Waals surface area contributed by atoms with Crippen molar-refractivity contribution in [3.63, 3.8) is 0 Å². The van der Waals surface area contributed by atoms with Crippen LogP contribution in [0.1, 0.15) is 6.92 Å². The third kappa shape index (κ3) is 1.37. The molecule has 0 aliphatic carbocycles. The summed E-state index contributed by atoms with van der Waals surface area (Å²) in [5.74, 6) is 0. The first-order valence-electron chi connectivity index (χ1n) is 4.56. The van der Waals surface area contributed by atoms with Crippen LogP contribution in [0.15, 0.2) is 41.3 Å². The largest absolute Gasteiger partial charge is 0.411 e. The van der Waals surface area contributed by atoms with Gasteiger partial charge in [0, 0.05) is 6.20 Å². The highest BCUT2D eigenvalue weighted by Gasteiger charge is 2.00. The molecule has 0 aliphatic heterocycles. The summed E-state index contributed by atoms with van der Waals surface area (Å²) in [6.45, 7) is 2.33. The fraction of sp³-hybridized carbons (Fsp3) is 0.182. The van der Waals surface area contributed by atoms with E-state index in [-0.39, 0.29) is 5.56 Å². The van der Waals surface area contributed by atoms with E-state index in [2.05, 4.69) is 0 Å². The molecule has 14 heavy (non-hydrogen) atoms. The molecule has 1 aromatic heterocycles. The van der Waals surface area contributed by atoms with E-state index in [1.165, 1.54) is 4.73 Å². The number of hydrogen-bond acceptors (Lipinski definition) is 2. The summed E-state index contributed by atoms with van der Waals surface area (Å²) >= 11 is 0. The number of rotatable bonds is 2. The number of benzene rings is 1. The molecule has 0 fully saturated rings. The Labute approximate surface area is 81.5 Å². The lowest BCUT2D eigenvalue weighted by Crippen LogP contribution is -2.26. The number of nitrogens with zero attached hydrogens (tertiary/aromatic N) is 1. The molecule has 2 aromatic rings. The van der Waals surface area contributed by atoms with E-state index < -0.39 is 0 Å². The van der Waals surface area contributed by atoms with Crippen molar-refractivity contribution in [1.82, 2.24) is 4.73 Å². The van der Waals surface area contributed by atoms with Gasteiger partial charge >= 0.3 is 0 Å². The molecule has 3 nitrogen and oxygen atoms in total. The molecule has 0 amide bonds. The number of hydrogen-bond donors (Lipinski definition) is 0. The first-order chi connectivity index (χ1) is 6.83. The molecule has 0 saturated carbocycles. The summed E-state index contributed by atoms with van der Waals surface area (Å²) in [7, 11) is 0. The van der Waals surface area contributed by atoms with Crippen molar-refractivity contribution in [2.24, 2.45) is 0 Å². The van der Waals surface area contributed by atoms with Crippen LogP contribution in [-0.4, -0.2) is 11.3 Å². The molecule has 0 N–H and O–H groups in total. The van der Waals surface area contributed by atoms with Gasteiger partial charge in [-0.3, -0.25) is 4.79 Å². The quantitative estimate of drug-likeness (QED) is 0.716. The predicted molar refractivity (Wildman–Crippen MR) is 55.3 cm³/mol. The number of fused-ring (bicyclic) bond motifs is 1. The molecule has 0 saturated heterocycles. The second-order valence-corrected chi connectivity index (χ2v) is 2.95. The Kier molecular flexibility index (Phi) is 2.23. The average Bonchev–Trinajstić information content (AvgIpc) is 2.23. The topological polar surface area (TPSA) is 31.2 Å². The lowest BCUT2D eigenvalue weighted by molar-refractivity contribution is 0.114. The maximum atomic E-state index is 11.8. The van der Waals surface area contributed by atoms with Crippen molar-refractivity contribution in [1.29, 1.82) is 0 Å². The van der Waals surface area contributed by atoms with E-state index >= 15 is 0 Å². The Hall–Kier alpha value is -1.77. The van der Waals surface area contributed by atoms with Gasteiger partial charge in [-0.25, -0.2) is 0 Å². The minimum atomic E-state index is -0.107. The highest BCUT2D eigenvalue weighted by atomic mass is 16.7. The van der Waals surface area contributed by atoms with Crippen LogP contribution in [0.25, 0.3) is 10.8 Å². The highest BCUT2D eigenvalue weighted by molar-refractivity contribution is 5.80. The number of aromatic nitrogens is 1. The van der Waals surface area contributed by atoms with Crippen LogP contribution >= 0.6 is 0 Å². The maximum Gasteiger partial charge on any atom is 0.290 e. The molecule has 72 valence electrons. The Bertz CT molecular complexity index is 502. The fourth-order valence-electron chi connectivity index (χ4n) is 1.41. The normalized spacial score (nSPS) is 10.4. The molecule has 0 bridgehead atoms. The molecule has 1 aromatic carbocycles. The molecular formula is C11H11NO2. The van der Waals surface area contributed by atoms with Crippen LogP contribution in [0.5, 0.6) is 0 Å². The molecule has 3 heteroatoms. The molecule has 0 aliphatic rings. The monoisotopic (exact) mass is 189 g/mol. The van der Waals surface area contributed by atoms with Crippen molar-refractivity contribution in [3.05, 3.63) is 46.9 Å². The van der Waals surface area contributed by atoms with E-state index in [9.17, 15) is 4.79 Å². The summed E-state index contributed by atoms with van der Waals surface area (Å²) in [6, 6.07) is 9.33. The molecule has 0 atom stereocenters. The Morgan fingerprint density at radius 1 is 1.29 bits per heavy atom. The van der Waals surface area contributed by atoms with Gasteiger partial charge in [0.15, 0.2) is 0 Å². The van der Waals surface area contributed by atoms with Crippen LogP contribution in [0, 0.1) is 0 Å². The van der Waals surface area contributed by atoms with Gasteiger partial charge in [-0.2, -0.15) is 4.73 Å². The third-order valence-electron chi connectivity index (χ3n) is 2.05. The van der Waals surface area contributed by atoms with Gasteiger partial charge in [-0.15, -0.1) is 0 Å². The highest BCUT2D eigenvalue weighted by Crippen LogP contribution is 2.07. The molecule has 0 spiro atoms. The summed E-state index contributed by atoms with van der Waals surface area (Å²) in [6.07, 6.45) is 1.65. The molecule has 2 rings (SSSR count). The van der Waals surface area contributed by atoms with Gasteiger partial charge in [-0.05, 0) is 24.4 Å². The second kappa shape index (κ2) is 3.54. The van der Waals surface area contributed by atoms with Crippen molar-refractivity contribution in [2.75, 3.05) is 6.61 Å². The molecule has 0 radical (unpaired) electrons. The van der Waals surface area contributed by atoms with Crippen LogP contribution in [0.4, 0.5) is 0 Å². The maximum absolute atomic E-state index is 11.8. The van der Waals surface area contributed by atoms with Crippen LogP contribution in [0.2, 0.25) is 0 Å². The van der Waals surface area contributed by atoms with E-state index in [0.717, 1.165) is 5.39 Å². The van der Waals surface area contributed by atoms with E-state index in [0.29, 0.717) is 12.0 Å². The molecule has 0 unspecified atom stereocenters. The zero-order chi connectivity index (χ0) is 9.97. The Morgan fingerprint density at radius 2 is 2.07 bits per heavy atom. The van der Waals surface area contributed by atoms with E-state index in [1.54, 1.807) is 12.3 Å². The minimum Gasteiger partial charge on any atom is -0.411 e. The lowest BCUT2D eigenvalue weighted by atomic mass is 10.2. The zero-order valence-corrected chi connectivity index (χ0v) is 7.93. The Morgan fingerprint density at radius 3 is 2.86 bits per heavy atom. The van der Waals surface area contributed by atoms with Crippen molar-refractivity contribution in [2.45, 2.75) is 6.92 Å². The van der Waals surface area contributed by atoms with Crippen molar-refractivity contribution in [3.8, 4) is 0 Å². The minimum absolute atomic E-state index is 0.107. The van der Waals surface area contributed by atoms with Crippen LogP contribution < -0.4 is 10.4 Å². The molecular weight excluding hydrogens is 178 g/mol. The van der Waals surface area contributed by atoms with Gasteiger partial charge in [0.1, 0.15) is 6.61 Å². The third-order valence-corrected chi connectivity index (χ3v) is 2.05. The van der Waals surface area contributed by atoms with Gasteiger partial charge in [0.25, 0.3) is 5.56 Å². The second-order valence-electron chi connectivity index (χ2n) is 2.95. The average molecular weight is 189 g/mol. The standard InChI is InChI=1S/C11H11NO2/c1-2-14-12-8-7-9-5-3-4-6-10(9)11(12)13/h3-8H,2H2,1H3. The van der Waals surface area contributed by atoms with Gasteiger partial charge in [0.2, 0.25) is 0 Å². The first-order valence-corrected chi connectivity index (χ1v) is 4.56. The smallest absolute Gasteiger partial charge is 0.290 e. The molecule has 1 heterocycles. The summed E-state index contributed by atoms with van der Waals surface area (Å²) in [5.41, 5.74) is -0.107. The summed E-state index contributed by atoms with van der Waals surface area (Å²) < 4.78 is 1.27. The first kappa shape index (κ1) is 8.81. The lowest BCUT2D eigenvalue weighted by Gasteiger charge is -2.06. The van der Waals surface area contributed by atoms with Crippen molar-refractivity contribution < 1.29 is 4.84 Å². The van der Waals surface area contributed by atoms with Crippen molar-refractivity contribution >= 4 is 10.8 Å². The predicted octanol–water partition coefficient (Wildman–Crippen LogP) is 1.45. The summed E-state index contributed by atoms with van der Waals surface area (Å²) in [5, 5.41) is 1.62. The zero-order valence-electron chi connectivity index (χ0n) is 7.93. The van der Waals surface area contributed by atoms with Gasteiger partial charge in [0.05, 0.1) is 5.39 Å². The summed E-state index contributed by atoms with van der Waals surface area (Å²) in [4.78, 5) is 16.9. The fourth-order valence-corrected chi connectivity index (χ4v) is 1.41.